The SMILES string of the molecule is COC(=O)c1cccnc1CON. The third-order valence-electron chi connectivity index (χ3n) is 1.52. The van der Waals surface area contributed by atoms with Crippen LogP contribution in [0.2, 0.25) is 0 Å². The van der Waals surface area contributed by atoms with Gasteiger partial charge in [0.05, 0.1) is 18.4 Å². The Balaban J connectivity index is 2.97. The second-order valence-electron chi connectivity index (χ2n) is 2.30. The molecule has 0 radical (unpaired) electrons. The molecule has 0 spiro atoms. The minimum Gasteiger partial charge on any atom is -0.465 e. The summed E-state index contributed by atoms with van der Waals surface area (Å²) >= 11 is 0. The first kappa shape index (κ1) is 9.63. The molecule has 0 unspecified atom stereocenters. The van der Waals surface area contributed by atoms with E-state index in [1.807, 2.05) is 0 Å². The Morgan fingerprint density at radius 2 is 2.46 bits per heavy atom. The van der Waals surface area contributed by atoms with Crippen molar-refractivity contribution in [1.29, 1.82) is 0 Å². The summed E-state index contributed by atoms with van der Waals surface area (Å²) in [6.45, 7) is 0.0886. The van der Waals surface area contributed by atoms with Crippen LogP contribution in [0.1, 0.15) is 16.1 Å². The number of pyridine rings is 1. The van der Waals surface area contributed by atoms with Gasteiger partial charge in [0.2, 0.25) is 0 Å². The molecule has 1 aromatic rings. The van der Waals surface area contributed by atoms with Crippen LogP contribution >= 0.6 is 0 Å². The van der Waals surface area contributed by atoms with E-state index in [4.69, 9.17) is 5.90 Å². The minimum atomic E-state index is -0.444. The fourth-order valence-electron chi connectivity index (χ4n) is 0.928. The van der Waals surface area contributed by atoms with Gasteiger partial charge in [0, 0.05) is 6.20 Å². The second kappa shape index (κ2) is 4.54. The van der Waals surface area contributed by atoms with E-state index < -0.39 is 5.97 Å². The van der Waals surface area contributed by atoms with E-state index in [0.29, 0.717) is 11.3 Å². The third-order valence-corrected chi connectivity index (χ3v) is 1.52. The fourth-order valence-corrected chi connectivity index (χ4v) is 0.928. The highest BCUT2D eigenvalue weighted by atomic mass is 16.6. The Bertz CT molecular complexity index is 301. The molecule has 0 saturated carbocycles. The summed E-state index contributed by atoms with van der Waals surface area (Å²) in [4.78, 5) is 19.5. The van der Waals surface area contributed by atoms with Gasteiger partial charge in [-0.2, -0.15) is 0 Å². The molecule has 0 aliphatic rings. The number of methoxy groups -OCH3 is 1. The number of esters is 1. The minimum absolute atomic E-state index is 0.0886. The molecule has 13 heavy (non-hydrogen) atoms. The van der Waals surface area contributed by atoms with Crippen LogP contribution in [-0.4, -0.2) is 18.1 Å². The molecule has 0 bridgehead atoms. The number of nitrogens with zero attached hydrogens (tertiary/aromatic N) is 1. The van der Waals surface area contributed by atoms with Gasteiger partial charge in [-0.3, -0.25) is 9.82 Å². The molecule has 0 fully saturated rings. The Labute approximate surface area is 75.4 Å². The summed E-state index contributed by atoms with van der Waals surface area (Å²) < 4.78 is 4.55. The molecule has 5 nitrogen and oxygen atoms in total. The Morgan fingerprint density at radius 3 is 3.08 bits per heavy atom. The van der Waals surface area contributed by atoms with E-state index in [1.54, 1.807) is 18.3 Å². The number of ether oxygens (including phenoxy) is 1. The quantitative estimate of drug-likeness (QED) is 0.536. The zero-order valence-electron chi connectivity index (χ0n) is 7.19. The summed E-state index contributed by atoms with van der Waals surface area (Å²) in [6, 6.07) is 3.25. The van der Waals surface area contributed by atoms with Crippen molar-refractivity contribution in [3.63, 3.8) is 0 Å². The molecular formula is C8H10N2O3. The normalized spacial score (nSPS) is 9.69. The molecule has 1 aromatic heterocycles. The van der Waals surface area contributed by atoms with Crippen molar-refractivity contribution >= 4 is 5.97 Å². The molecule has 0 atom stereocenters. The van der Waals surface area contributed by atoms with Crippen molar-refractivity contribution in [1.82, 2.24) is 4.98 Å². The zero-order valence-corrected chi connectivity index (χ0v) is 7.19. The van der Waals surface area contributed by atoms with Crippen LogP contribution in [0.15, 0.2) is 18.3 Å². The lowest BCUT2D eigenvalue weighted by atomic mass is 10.2. The summed E-state index contributed by atoms with van der Waals surface area (Å²) in [6.07, 6.45) is 1.56. The van der Waals surface area contributed by atoms with Gasteiger partial charge in [0.15, 0.2) is 0 Å². The standard InChI is InChI=1S/C8H10N2O3/c1-12-8(11)6-3-2-4-10-7(6)5-13-9/h2-4H,5,9H2,1H3. The maximum absolute atomic E-state index is 11.2. The average Bonchev–Trinajstić information content (AvgIpc) is 2.18. The van der Waals surface area contributed by atoms with E-state index in [1.165, 1.54) is 7.11 Å². The largest absolute Gasteiger partial charge is 0.465 e. The van der Waals surface area contributed by atoms with Gasteiger partial charge in [-0.25, -0.2) is 10.7 Å². The molecule has 0 saturated heterocycles. The highest BCUT2D eigenvalue weighted by Crippen LogP contribution is 2.07. The molecule has 70 valence electrons. The molecule has 1 heterocycles. The molecule has 2 N–H and O–H groups in total. The topological polar surface area (TPSA) is 74.4 Å². The molecular weight excluding hydrogens is 172 g/mol. The van der Waals surface area contributed by atoms with Crippen LogP contribution in [0.3, 0.4) is 0 Å². The van der Waals surface area contributed by atoms with Gasteiger partial charge in [-0.05, 0) is 12.1 Å². The molecule has 5 heteroatoms. The van der Waals surface area contributed by atoms with Crippen LogP contribution in [0.4, 0.5) is 0 Å². The summed E-state index contributed by atoms with van der Waals surface area (Å²) in [7, 11) is 1.31. The lowest BCUT2D eigenvalue weighted by Gasteiger charge is -2.04. The predicted octanol–water partition coefficient (Wildman–Crippen LogP) is 0.259. The Hall–Kier alpha value is -1.46. The van der Waals surface area contributed by atoms with Crippen molar-refractivity contribution in [2.45, 2.75) is 6.61 Å². The molecule has 0 aliphatic carbocycles. The maximum Gasteiger partial charge on any atom is 0.339 e. The Kier molecular flexibility index (Phi) is 3.36. The number of hydrogen-bond acceptors (Lipinski definition) is 5. The highest BCUT2D eigenvalue weighted by Gasteiger charge is 2.11. The van der Waals surface area contributed by atoms with Crippen molar-refractivity contribution in [2.75, 3.05) is 7.11 Å². The lowest BCUT2D eigenvalue weighted by Crippen LogP contribution is -2.10. The van der Waals surface area contributed by atoms with E-state index in [9.17, 15) is 4.79 Å². The average molecular weight is 182 g/mol. The van der Waals surface area contributed by atoms with E-state index in [0.717, 1.165) is 0 Å². The van der Waals surface area contributed by atoms with Gasteiger partial charge in [-0.1, -0.05) is 0 Å². The molecule has 0 amide bonds. The van der Waals surface area contributed by atoms with Crippen LogP contribution in [0.5, 0.6) is 0 Å². The van der Waals surface area contributed by atoms with Crippen LogP contribution in [0.25, 0.3) is 0 Å². The number of aromatic nitrogens is 1. The number of carbonyl (C=O) groups is 1. The van der Waals surface area contributed by atoms with Crippen molar-refractivity contribution in [3.8, 4) is 0 Å². The van der Waals surface area contributed by atoms with Crippen molar-refractivity contribution < 1.29 is 14.4 Å². The number of hydrogen-bond donors (Lipinski definition) is 1. The number of rotatable bonds is 3. The number of carbonyl (C=O) groups excluding carboxylic acids is 1. The third kappa shape index (κ3) is 2.24. The first-order valence-electron chi connectivity index (χ1n) is 3.63. The van der Waals surface area contributed by atoms with Crippen LogP contribution in [-0.2, 0) is 16.2 Å². The first-order chi connectivity index (χ1) is 6.29. The lowest BCUT2D eigenvalue weighted by molar-refractivity contribution is 0.0590. The fraction of sp³-hybridized carbons (Fsp3) is 0.250. The smallest absolute Gasteiger partial charge is 0.339 e. The summed E-state index contributed by atoms with van der Waals surface area (Å²) in [5, 5.41) is 0. The molecule has 0 aliphatic heterocycles. The highest BCUT2D eigenvalue weighted by molar-refractivity contribution is 5.90. The zero-order chi connectivity index (χ0) is 9.68. The van der Waals surface area contributed by atoms with Gasteiger partial charge in [0.1, 0.15) is 6.61 Å². The summed E-state index contributed by atoms with van der Waals surface area (Å²) in [5.74, 6) is 4.43. The summed E-state index contributed by atoms with van der Waals surface area (Å²) in [5.41, 5.74) is 0.840. The van der Waals surface area contributed by atoms with Gasteiger partial charge in [0.25, 0.3) is 0 Å². The monoisotopic (exact) mass is 182 g/mol. The number of nitrogens with two attached hydrogens (primary N) is 1. The second-order valence-corrected chi connectivity index (χ2v) is 2.30. The van der Waals surface area contributed by atoms with E-state index >= 15 is 0 Å². The maximum atomic E-state index is 11.2. The van der Waals surface area contributed by atoms with E-state index in [2.05, 4.69) is 14.6 Å². The van der Waals surface area contributed by atoms with Gasteiger partial charge in [-0.15, -0.1) is 0 Å². The van der Waals surface area contributed by atoms with Crippen molar-refractivity contribution in [2.24, 2.45) is 5.90 Å². The van der Waals surface area contributed by atoms with Crippen LogP contribution in [0, 0.1) is 0 Å². The van der Waals surface area contributed by atoms with E-state index in [-0.39, 0.29) is 6.61 Å². The molecule has 1 rings (SSSR count). The van der Waals surface area contributed by atoms with Gasteiger partial charge < -0.3 is 4.74 Å². The van der Waals surface area contributed by atoms with Crippen molar-refractivity contribution in [3.05, 3.63) is 29.6 Å². The van der Waals surface area contributed by atoms with Crippen LogP contribution < -0.4 is 5.90 Å². The molecule has 0 aromatic carbocycles. The Morgan fingerprint density at radius 1 is 1.69 bits per heavy atom. The predicted molar refractivity (Wildman–Crippen MR) is 44.6 cm³/mol. The first-order valence-corrected chi connectivity index (χ1v) is 3.63. The van der Waals surface area contributed by atoms with Gasteiger partial charge >= 0.3 is 5.97 Å².